The van der Waals surface area contributed by atoms with Crippen LogP contribution in [-0.2, 0) is 9.53 Å². The number of aromatic nitrogens is 1. The molecule has 0 amide bonds. The molecule has 1 N–H and O–H groups in total. The Labute approximate surface area is 147 Å². The molecule has 0 unspecified atom stereocenters. The monoisotopic (exact) mass is 356 g/mol. The number of benzene rings is 1. The molecule has 1 aliphatic heterocycles. The molecule has 2 heterocycles. The lowest BCUT2D eigenvalue weighted by Gasteiger charge is -2.02. The molecule has 0 saturated heterocycles. The molecule has 0 fully saturated rings. The molecular formula is C18H13FN2O3S. The predicted molar refractivity (Wildman–Crippen MR) is 95.0 cm³/mol. The number of aliphatic imine (C=N–C) groups is 1. The zero-order chi connectivity index (χ0) is 17.8. The summed E-state index contributed by atoms with van der Waals surface area (Å²) in [5, 5.41) is 10.7. The fraction of sp³-hybridized carbons (Fsp3) is 0.0556. The van der Waals surface area contributed by atoms with Gasteiger partial charge in [0.2, 0.25) is 0 Å². The predicted octanol–water partition coefficient (Wildman–Crippen LogP) is 4.02. The zero-order valence-electron chi connectivity index (χ0n) is 13.1. The van der Waals surface area contributed by atoms with Crippen LogP contribution in [0.15, 0.2) is 69.9 Å². The minimum absolute atomic E-state index is 0.0565. The van der Waals surface area contributed by atoms with Crippen LogP contribution < -0.4 is 0 Å². The maximum Gasteiger partial charge on any atom is 0.344 e. The van der Waals surface area contributed by atoms with E-state index in [0.29, 0.717) is 16.3 Å². The number of halogens is 1. The van der Waals surface area contributed by atoms with Gasteiger partial charge in [0, 0.05) is 6.20 Å². The number of carbonyl (C=O) groups is 1. The smallest absolute Gasteiger partial charge is 0.344 e. The summed E-state index contributed by atoms with van der Waals surface area (Å²) < 4.78 is 18.1. The van der Waals surface area contributed by atoms with Gasteiger partial charge in [-0.1, -0.05) is 23.9 Å². The molecule has 126 valence electrons. The summed E-state index contributed by atoms with van der Waals surface area (Å²) in [4.78, 5) is 20.9. The quantitative estimate of drug-likeness (QED) is 0.841. The van der Waals surface area contributed by atoms with E-state index < -0.39 is 11.8 Å². The highest BCUT2D eigenvalue weighted by Crippen LogP contribution is 2.40. The molecule has 0 atom stereocenters. The van der Waals surface area contributed by atoms with Crippen LogP contribution in [0.25, 0.3) is 6.08 Å². The molecule has 25 heavy (non-hydrogen) atoms. The Balaban J connectivity index is 2.05. The standard InChI is InChI=1S/C18H13FN2O3S/c1-24-18(23)15-16(22)14(10-12-6-2-3-8-20-12)25-17(15)21-13-7-4-5-11(19)9-13/h2-10,22H,1H3/b14-10+,21-17?. The topological polar surface area (TPSA) is 71.8 Å². The third-order valence-electron chi connectivity index (χ3n) is 3.29. The number of nitrogens with zero attached hydrogens (tertiary/aromatic N) is 2. The number of hydrogen-bond acceptors (Lipinski definition) is 6. The second-order valence-electron chi connectivity index (χ2n) is 4.98. The maximum absolute atomic E-state index is 13.4. The van der Waals surface area contributed by atoms with Crippen molar-refractivity contribution in [1.82, 2.24) is 4.98 Å². The van der Waals surface area contributed by atoms with E-state index in [2.05, 4.69) is 9.98 Å². The summed E-state index contributed by atoms with van der Waals surface area (Å²) >= 11 is 1.09. The largest absolute Gasteiger partial charge is 0.506 e. The lowest BCUT2D eigenvalue weighted by atomic mass is 10.2. The Morgan fingerprint density at radius 3 is 2.84 bits per heavy atom. The number of thioether (sulfide) groups is 1. The molecule has 3 rings (SSSR count). The van der Waals surface area contributed by atoms with Gasteiger partial charge in [0.15, 0.2) is 0 Å². The lowest BCUT2D eigenvalue weighted by molar-refractivity contribution is -0.135. The van der Waals surface area contributed by atoms with Gasteiger partial charge in [-0.05, 0) is 36.4 Å². The third kappa shape index (κ3) is 3.77. The Morgan fingerprint density at radius 2 is 2.16 bits per heavy atom. The van der Waals surface area contributed by atoms with Crippen molar-refractivity contribution in [3.05, 3.63) is 76.4 Å². The number of ether oxygens (including phenoxy) is 1. The molecule has 5 nitrogen and oxygen atoms in total. The Hall–Kier alpha value is -2.93. The number of hydrogen-bond donors (Lipinski definition) is 1. The van der Waals surface area contributed by atoms with E-state index in [-0.39, 0.29) is 16.4 Å². The van der Waals surface area contributed by atoms with Crippen molar-refractivity contribution in [2.45, 2.75) is 0 Å². The van der Waals surface area contributed by atoms with Gasteiger partial charge in [-0.25, -0.2) is 14.2 Å². The van der Waals surface area contributed by atoms with Crippen LogP contribution in [0.2, 0.25) is 0 Å². The van der Waals surface area contributed by atoms with Gasteiger partial charge in [-0.2, -0.15) is 0 Å². The van der Waals surface area contributed by atoms with E-state index in [0.717, 1.165) is 11.8 Å². The number of methoxy groups -OCH3 is 1. The fourth-order valence-corrected chi connectivity index (χ4v) is 3.17. The summed E-state index contributed by atoms with van der Waals surface area (Å²) in [6.45, 7) is 0. The Morgan fingerprint density at radius 1 is 1.32 bits per heavy atom. The lowest BCUT2D eigenvalue weighted by Crippen LogP contribution is -2.10. The Bertz CT molecular complexity index is 908. The maximum atomic E-state index is 13.4. The molecule has 1 aliphatic rings. The van der Waals surface area contributed by atoms with Gasteiger partial charge in [0.1, 0.15) is 22.2 Å². The fourth-order valence-electron chi connectivity index (χ4n) is 2.15. The average Bonchev–Trinajstić information content (AvgIpc) is 2.90. The highest BCUT2D eigenvalue weighted by Gasteiger charge is 2.33. The molecule has 0 bridgehead atoms. The van der Waals surface area contributed by atoms with Gasteiger partial charge >= 0.3 is 5.97 Å². The van der Waals surface area contributed by atoms with Crippen LogP contribution >= 0.6 is 11.8 Å². The van der Waals surface area contributed by atoms with E-state index in [1.165, 1.54) is 25.3 Å². The molecule has 0 saturated carbocycles. The van der Waals surface area contributed by atoms with E-state index in [1.54, 1.807) is 30.5 Å². The summed E-state index contributed by atoms with van der Waals surface area (Å²) in [7, 11) is 1.22. The molecular weight excluding hydrogens is 343 g/mol. The van der Waals surface area contributed by atoms with Crippen molar-refractivity contribution in [3.63, 3.8) is 0 Å². The van der Waals surface area contributed by atoms with Gasteiger partial charge in [0.25, 0.3) is 0 Å². The van der Waals surface area contributed by atoms with Gasteiger partial charge in [-0.3, -0.25) is 4.98 Å². The molecule has 7 heteroatoms. The van der Waals surface area contributed by atoms with E-state index in [9.17, 15) is 14.3 Å². The molecule has 0 aliphatic carbocycles. The first kappa shape index (κ1) is 16.9. The van der Waals surface area contributed by atoms with Crippen LogP contribution in [0, 0.1) is 5.82 Å². The Kier molecular flexibility index (Phi) is 4.95. The van der Waals surface area contributed by atoms with E-state index >= 15 is 0 Å². The van der Waals surface area contributed by atoms with Crippen LogP contribution in [0.4, 0.5) is 10.1 Å². The van der Waals surface area contributed by atoms with Crippen LogP contribution in [0.5, 0.6) is 0 Å². The first-order valence-corrected chi connectivity index (χ1v) is 8.07. The van der Waals surface area contributed by atoms with Crippen molar-refractivity contribution in [2.75, 3.05) is 7.11 Å². The number of pyridine rings is 1. The highest BCUT2D eigenvalue weighted by atomic mass is 32.2. The summed E-state index contributed by atoms with van der Waals surface area (Å²) in [5.74, 6) is -1.40. The van der Waals surface area contributed by atoms with Crippen molar-refractivity contribution in [1.29, 1.82) is 0 Å². The first-order chi connectivity index (χ1) is 12.1. The van der Waals surface area contributed by atoms with Gasteiger partial charge in [-0.15, -0.1) is 0 Å². The van der Waals surface area contributed by atoms with Crippen molar-refractivity contribution < 1.29 is 19.0 Å². The molecule has 1 aromatic carbocycles. The first-order valence-electron chi connectivity index (χ1n) is 7.25. The summed E-state index contributed by atoms with van der Waals surface area (Å²) in [5.41, 5.74) is 0.891. The molecule has 0 spiro atoms. The van der Waals surface area contributed by atoms with Gasteiger partial charge < -0.3 is 9.84 Å². The van der Waals surface area contributed by atoms with Crippen molar-refractivity contribution in [3.8, 4) is 0 Å². The number of aliphatic hydroxyl groups excluding tert-OH is 1. The van der Waals surface area contributed by atoms with Crippen LogP contribution in [0.1, 0.15) is 5.69 Å². The molecule has 2 aromatic rings. The zero-order valence-corrected chi connectivity index (χ0v) is 14.0. The average molecular weight is 356 g/mol. The molecule has 0 radical (unpaired) electrons. The van der Waals surface area contributed by atoms with Crippen LogP contribution in [0.3, 0.4) is 0 Å². The third-order valence-corrected chi connectivity index (χ3v) is 4.31. The minimum atomic E-state index is -0.718. The number of rotatable bonds is 3. The summed E-state index contributed by atoms with van der Waals surface area (Å²) in [6, 6.07) is 11.0. The second-order valence-corrected chi connectivity index (χ2v) is 6.01. The van der Waals surface area contributed by atoms with Crippen molar-refractivity contribution in [2.24, 2.45) is 4.99 Å². The normalized spacial score (nSPS) is 17.4. The van der Waals surface area contributed by atoms with Crippen molar-refractivity contribution >= 4 is 34.5 Å². The molecule has 1 aromatic heterocycles. The van der Waals surface area contributed by atoms with E-state index in [1.807, 2.05) is 6.07 Å². The number of carbonyl (C=O) groups excluding carboxylic acids is 1. The second kappa shape index (κ2) is 7.31. The minimum Gasteiger partial charge on any atom is -0.506 e. The van der Waals surface area contributed by atoms with Gasteiger partial charge in [0.05, 0.1) is 23.4 Å². The highest BCUT2D eigenvalue weighted by molar-refractivity contribution is 8.18. The SMILES string of the molecule is COC(=O)C1=C(O)/C(=C\c2ccccn2)SC1=Nc1cccc(F)c1. The number of esters is 1. The van der Waals surface area contributed by atoms with E-state index in [4.69, 9.17) is 4.74 Å². The van der Waals surface area contributed by atoms with Crippen LogP contribution in [-0.4, -0.2) is 28.2 Å². The number of aliphatic hydroxyl groups is 1. The summed E-state index contributed by atoms with van der Waals surface area (Å²) in [6.07, 6.45) is 3.26.